The largest absolute Gasteiger partial charge is 0.345 e. The molecule has 1 amide bonds. The molecular formula is C17H18FN3OS. The maximum Gasteiger partial charge on any atom is 0.227 e. The molecule has 0 N–H and O–H groups in total. The van der Waals surface area contributed by atoms with E-state index in [9.17, 15) is 9.18 Å². The average Bonchev–Trinajstić information content (AvgIpc) is 2.89. The summed E-state index contributed by atoms with van der Waals surface area (Å²) in [6.07, 6.45) is 2.04. The molecule has 0 aliphatic carbocycles. The lowest BCUT2D eigenvalue weighted by Gasteiger charge is -2.32. The first kappa shape index (κ1) is 14.6. The fourth-order valence-electron chi connectivity index (χ4n) is 3.48. The van der Waals surface area contributed by atoms with Crippen LogP contribution in [0.1, 0.15) is 12.8 Å². The minimum atomic E-state index is -0.241. The van der Waals surface area contributed by atoms with Gasteiger partial charge in [0.2, 0.25) is 5.91 Å². The van der Waals surface area contributed by atoms with E-state index in [-0.39, 0.29) is 23.7 Å². The van der Waals surface area contributed by atoms with E-state index in [2.05, 4.69) is 4.90 Å². The Morgan fingerprint density at radius 3 is 2.78 bits per heavy atom. The molecule has 3 fully saturated rings. The standard InChI is InChI=1S/C17H18FN3OS/c1-20-14-7-4-12(16(20)22)8-21(9-14)17-19-15(10-23-17)11-2-5-13(18)6-3-11/h2-3,5-6,10,12,14H,4,7-9H2,1H3/t12-,14+/m0/s1. The Balaban J connectivity index is 1.59. The number of fused-ring (bicyclic) bond motifs is 4. The van der Waals surface area contributed by atoms with Crippen molar-refractivity contribution in [3.8, 4) is 11.3 Å². The highest BCUT2D eigenvalue weighted by Gasteiger charge is 2.39. The number of carbonyl (C=O) groups excluding carboxylic acids is 1. The van der Waals surface area contributed by atoms with Gasteiger partial charge in [0, 0.05) is 37.1 Å². The highest BCUT2D eigenvalue weighted by molar-refractivity contribution is 7.14. The first-order chi connectivity index (χ1) is 11.1. The number of thiazole rings is 1. The van der Waals surface area contributed by atoms with Gasteiger partial charge in [-0.3, -0.25) is 4.79 Å². The number of amides is 1. The molecule has 1 aromatic carbocycles. The molecule has 2 bridgehead atoms. The van der Waals surface area contributed by atoms with Gasteiger partial charge in [-0.05, 0) is 37.1 Å². The number of aromatic nitrogens is 1. The summed E-state index contributed by atoms with van der Waals surface area (Å²) in [5.74, 6) is 0.103. The molecule has 23 heavy (non-hydrogen) atoms. The molecule has 1 aromatic heterocycles. The van der Waals surface area contributed by atoms with Crippen molar-refractivity contribution in [2.45, 2.75) is 18.9 Å². The van der Waals surface area contributed by atoms with Gasteiger partial charge in [-0.25, -0.2) is 9.37 Å². The van der Waals surface area contributed by atoms with E-state index >= 15 is 0 Å². The van der Waals surface area contributed by atoms with E-state index in [4.69, 9.17) is 4.98 Å². The van der Waals surface area contributed by atoms with Crippen molar-refractivity contribution in [1.29, 1.82) is 0 Å². The second-order valence-electron chi connectivity index (χ2n) is 6.30. The fraction of sp³-hybridized carbons (Fsp3) is 0.412. The molecule has 6 heteroatoms. The second-order valence-corrected chi connectivity index (χ2v) is 7.14. The van der Waals surface area contributed by atoms with Crippen molar-refractivity contribution < 1.29 is 9.18 Å². The van der Waals surface area contributed by atoms with Crippen LogP contribution in [0.3, 0.4) is 0 Å². The number of anilines is 1. The molecule has 4 nitrogen and oxygen atoms in total. The zero-order chi connectivity index (χ0) is 16.0. The minimum absolute atomic E-state index is 0.0805. The molecule has 3 aliphatic heterocycles. The summed E-state index contributed by atoms with van der Waals surface area (Å²) in [5.41, 5.74) is 1.78. The third-order valence-electron chi connectivity index (χ3n) is 4.87. The smallest absolute Gasteiger partial charge is 0.227 e. The van der Waals surface area contributed by atoms with Crippen LogP contribution in [0.2, 0.25) is 0 Å². The molecule has 0 spiro atoms. The van der Waals surface area contributed by atoms with E-state index < -0.39 is 0 Å². The van der Waals surface area contributed by atoms with Gasteiger partial charge in [-0.15, -0.1) is 11.3 Å². The van der Waals surface area contributed by atoms with Crippen molar-refractivity contribution in [3.05, 3.63) is 35.5 Å². The van der Waals surface area contributed by atoms with Gasteiger partial charge in [-0.1, -0.05) is 0 Å². The Labute approximate surface area is 138 Å². The lowest BCUT2D eigenvalue weighted by atomic mass is 9.95. The van der Waals surface area contributed by atoms with Crippen molar-refractivity contribution >= 4 is 22.4 Å². The van der Waals surface area contributed by atoms with Gasteiger partial charge in [0.05, 0.1) is 11.6 Å². The van der Waals surface area contributed by atoms with Gasteiger partial charge in [0.25, 0.3) is 0 Å². The Kier molecular flexibility index (Phi) is 3.56. The maximum atomic E-state index is 13.0. The molecule has 0 saturated carbocycles. The summed E-state index contributed by atoms with van der Waals surface area (Å²) in [7, 11) is 1.91. The van der Waals surface area contributed by atoms with E-state index in [1.165, 1.54) is 12.1 Å². The normalized spacial score (nSPS) is 24.2. The number of hydrogen-bond acceptors (Lipinski definition) is 4. The summed E-state index contributed by atoms with van der Waals surface area (Å²) in [6.45, 7) is 1.59. The lowest BCUT2D eigenvalue weighted by molar-refractivity contribution is -0.138. The van der Waals surface area contributed by atoms with Gasteiger partial charge in [0.15, 0.2) is 5.13 Å². The predicted molar refractivity (Wildman–Crippen MR) is 89.0 cm³/mol. The summed E-state index contributed by atoms with van der Waals surface area (Å²) in [5, 5.41) is 2.95. The van der Waals surface area contributed by atoms with E-state index in [1.807, 2.05) is 17.3 Å². The average molecular weight is 331 g/mol. The molecule has 5 rings (SSSR count). The summed E-state index contributed by atoms with van der Waals surface area (Å²) < 4.78 is 13.0. The van der Waals surface area contributed by atoms with Crippen molar-refractivity contribution in [2.24, 2.45) is 5.92 Å². The summed E-state index contributed by atoms with van der Waals surface area (Å²) in [4.78, 5) is 21.1. The van der Waals surface area contributed by atoms with Gasteiger partial charge in [0.1, 0.15) is 5.82 Å². The molecule has 0 unspecified atom stereocenters. The Morgan fingerprint density at radius 2 is 2.00 bits per heavy atom. The van der Waals surface area contributed by atoms with Crippen LogP contribution in [0.15, 0.2) is 29.6 Å². The highest BCUT2D eigenvalue weighted by Crippen LogP contribution is 2.34. The third kappa shape index (κ3) is 2.61. The van der Waals surface area contributed by atoms with Crippen LogP contribution in [0, 0.1) is 11.7 Å². The zero-order valence-corrected chi connectivity index (χ0v) is 13.7. The number of hydrogen-bond donors (Lipinski definition) is 0. The molecule has 3 aliphatic rings. The molecule has 3 saturated heterocycles. The van der Waals surface area contributed by atoms with Crippen LogP contribution >= 0.6 is 11.3 Å². The Bertz CT molecular complexity index is 730. The first-order valence-electron chi connectivity index (χ1n) is 7.85. The Hall–Kier alpha value is -1.95. The molecular weight excluding hydrogens is 313 g/mol. The number of nitrogens with zero attached hydrogens (tertiary/aromatic N) is 3. The highest BCUT2D eigenvalue weighted by atomic mass is 32.1. The number of piperidine rings is 1. The van der Waals surface area contributed by atoms with E-state index in [0.29, 0.717) is 0 Å². The monoisotopic (exact) mass is 331 g/mol. The van der Waals surface area contributed by atoms with Gasteiger partial charge < -0.3 is 9.80 Å². The Morgan fingerprint density at radius 1 is 1.22 bits per heavy atom. The number of benzene rings is 1. The molecule has 4 heterocycles. The molecule has 2 atom stereocenters. The SMILES string of the molecule is CN1C(=O)[C@H]2CC[C@@H]1CN(c1nc(-c3ccc(F)cc3)cs1)C2. The van der Waals surface area contributed by atoms with Crippen molar-refractivity contribution in [2.75, 3.05) is 25.0 Å². The number of carbonyl (C=O) groups is 1. The second kappa shape index (κ2) is 5.60. The lowest BCUT2D eigenvalue weighted by Crippen LogP contribution is -2.45. The number of halogens is 1. The summed E-state index contributed by atoms with van der Waals surface area (Å²) >= 11 is 1.59. The van der Waals surface area contributed by atoms with E-state index in [0.717, 1.165) is 42.3 Å². The third-order valence-corrected chi connectivity index (χ3v) is 5.77. The van der Waals surface area contributed by atoms with E-state index in [1.54, 1.807) is 23.5 Å². The van der Waals surface area contributed by atoms with Crippen molar-refractivity contribution in [1.82, 2.24) is 9.88 Å². The number of rotatable bonds is 2. The van der Waals surface area contributed by atoms with Crippen LogP contribution < -0.4 is 4.90 Å². The van der Waals surface area contributed by atoms with Gasteiger partial charge in [-0.2, -0.15) is 0 Å². The fourth-order valence-corrected chi connectivity index (χ4v) is 4.33. The molecule has 2 aromatic rings. The minimum Gasteiger partial charge on any atom is -0.345 e. The van der Waals surface area contributed by atoms with Crippen LogP contribution in [0.5, 0.6) is 0 Å². The number of likely N-dealkylation sites (N-methyl/N-ethyl adjacent to an activating group) is 1. The molecule has 120 valence electrons. The van der Waals surface area contributed by atoms with Crippen LogP contribution in [0.4, 0.5) is 9.52 Å². The first-order valence-corrected chi connectivity index (χ1v) is 8.73. The van der Waals surface area contributed by atoms with Crippen LogP contribution in [-0.2, 0) is 4.79 Å². The van der Waals surface area contributed by atoms with Gasteiger partial charge >= 0.3 is 0 Å². The van der Waals surface area contributed by atoms with Crippen LogP contribution in [-0.4, -0.2) is 42.0 Å². The quantitative estimate of drug-likeness (QED) is 0.849. The van der Waals surface area contributed by atoms with Crippen LogP contribution in [0.25, 0.3) is 11.3 Å². The molecule has 0 radical (unpaired) electrons. The van der Waals surface area contributed by atoms with Crippen molar-refractivity contribution in [3.63, 3.8) is 0 Å². The zero-order valence-electron chi connectivity index (χ0n) is 12.9. The summed E-state index contributed by atoms with van der Waals surface area (Å²) in [6, 6.07) is 6.68. The maximum absolute atomic E-state index is 13.0. The topological polar surface area (TPSA) is 36.4 Å². The predicted octanol–water partition coefficient (Wildman–Crippen LogP) is 3.01.